The molecule has 118 valence electrons. The summed E-state index contributed by atoms with van der Waals surface area (Å²) in [5.41, 5.74) is 1.10. The van der Waals surface area contributed by atoms with Gasteiger partial charge in [-0.1, -0.05) is 32.4 Å². The number of hydrogen-bond donors (Lipinski definition) is 1. The molecular weight excluding hydrogens is 294 g/mol. The Bertz CT molecular complexity index is 604. The Morgan fingerprint density at radius 3 is 2.50 bits per heavy atom. The summed E-state index contributed by atoms with van der Waals surface area (Å²) in [6, 6.07) is 11.9. The van der Waals surface area contributed by atoms with E-state index in [0.29, 0.717) is 0 Å². The third kappa shape index (κ3) is 4.10. The number of rotatable bonds is 7. The van der Waals surface area contributed by atoms with Crippen LogP contribution in [-0.2, 0) is 6.42 Å². The number of hydrogen-bond acceptors (Lipinski definition) is 3. The van der Waals surface area contributed by atoms with Crippen LogP contribution >= 0.6 is 11.3 Å². The highest BCUT2D eigenvalue weighted by Crippen LogP contribution is 2.22. The Kier molecular flexibility index (Phi) is 6.01. The zero-order valence-corrected chi connectivity index (χ0v) is 14.2. The highest BCUT2D eigenvalue weighted by Gasteiger charge is 2.15. The summed E-state index contributed by atoms with van der Waals surface area (Å²) in [7, 11) is 1.65. The van der Waals surface area contributed by atoms with Crippen molar-refractivity contribution in [1.82, 2.24) is 5.32 Å². The van der Waals surface area contributed by atoms with Crippen LogP contribution < -0.4 is 10.1 Å². The molecule has 0 fully saturated rings. The lowest BCUT2D eigenvalue weighted by atomic mass is 10.0. The number of carbonyl (C=O) groups excluding carboxylic acids is 1. The van der Waals surface area contributed by atoms with Crippen LogP contribution in [0.1, 0.15) is 52.8 Å². The van der Waals surface area contributed by atoms with Gasteiger partial charge in [0.25, 0.3) is 5.91 Å². The molecule has 3 nitrogen and oxygen atoms in total. The Balaban J connectivity index is 2.05. The first-order valence-corrected chi connectivity index (χ1v) is 8.53. The van der Waals surface area contributed by atoms with Crippen molar-refractivity contribution in [1.29, 1.82) is 0 Å². The number of amides is 1. The van der Waals surface area contributed by atoms with Crippen LogP contribution in [-0.4, -0.2) is 13.0 Å². The molecule has 1 aromatic carbocycles. The van der Waals surface area contributed by atoms with E-state index in [0.717, 1.165) is 35.5 Å². The number of carbonyl (C=O) groups is 1. The van der Waals surface area contributed by atoms with Gasteiger partial charge in [0, 0.05) is 4.88 Å². The van der Waals surface area contributed by atoms with Crippen LogP contribution in [0.25, 0.3) is 0 Å². The summed E-state index contributed by atoms with van der Waals surface area (Å²) in [6.07, 6.45) is 2.99. The fourth-order valence-electron chi connectivity index (χ4n) is 2.37. The number of methoxy groups -OCH3 is 1. The standard InChI is InChI=1S/C18H23NO2S/c1-4-6-15-11-12-17(22-15)18(20)19-16(5-2)13-7-9-14(21-3)10-8-13/h7-12,16H,4-6H2,1-3H3,(H,19,20). The molecule has 1 aromatic heterocycles. The minimum Gasteiger partial charge on any atom is -0.497 e. The molecule has 2 aromatic rings. The number of thiophene rings is 1. The molecule has 0 bridgehead atoms. The molecule has 1 heterocycles. The van der Waals surface area contributed by atoms with Crippen LogP contribution in [0.4, 0.5) is 0 Å². The van der Waals surface area contributed by atoms with Crippen molar-refractivity contribution in [3.05, 3.63) is 51.7 Å². The summed E-state index contributed by atoms with van der Waals surface area (Å²) < 4.78 is 5.17. The molecule has 0 spiro atoms. The van der Waals surface area contributed by atoms with Crippen molar-refractivity contribution in [2.75, 3.05) is 7.11 Å². The lowest BCUT2D eigenvalue weighted by Gasteiger charge is -2.17. The van der Waals surface area contributed by atoms with Gasteiger partial charge < -0.3 is 10.1 Å². The summed E-state index contributed by atoms with van der Waals surface area (Å²) >= 11 is 1.59. The van der Waals surface area contributed by atoms with E-state index in [1.165, 1.54) is 4.88 Å². The van der Waals surface area contributed by atoms with E-state index in [4.69, 9.17) is 4.74 Å². The number of aryl methyl sites for hydroxylation is 1. The van der Waals surface area contributed by atoms with E-state index in [1.807, 2.05) is 30.3 Å². The van der Waals surface area contributed by atoms with E-state index in [9.17, 15) is 4.79 Å². The fourth-order valence-corrected chi connectivity index (χ4v) is 3.38. The van der Waals surface area contributed by atoms with E-state index in [-0.39, 0.29) is 11.9 Å². The van der Waals surface area contributed by atoms with Gasteiger partial charge in [-0.15, -0.1) is 11.3 Å². The maximum Gasteiger partial charge on any atom is 0.261 e. The monoisotopic (exact) mass is 317 g/mol. The largest absolute Gasteiger partial charge is 0.497 e. The van der Waals surface area contributed by atoms with Crippen molar-refractivity contribution >= 4 is 17.2 Å². The Morgan fingerprint density at radius 2 is 1.91 bits per heavy atom. The molecule has 2 rings (SSSR count). The lowest BCUT2D eigenvalue weighted by Crippen LogP contribution is -2.27. The Labute approximate surface area is 136 Å². The van der Waals surface area contributed by atoms with Crippen LogP contribution in [0.5, 0.6) is 5.75 Å². The highest BCUT2D eigenvalue weighted by atomic mass is 32.1. The average Bonchev–Trinajstić information content (AvgIpc) is 3.02. The van der Waals surface area contributed by atoms with Crippen molar-refractivity contribution in [3.63, 3.8) is 0 Å². The van der Waals surface area contributed by atoms with Gasteiger partial charge in [0.05, 0.1) is 18.0 Å². The molecule has 0 radical (unpaired) electrons. The smallest absolute Gasteiger partial charge is 0.261 e. The number of nitrogens with one attached hydrogen (secondary N) is 1. The van der Waals surface area contributed by atoms with Crippen LogP contribution in [0.2, 0.25) is 0 Å². The molecule has 1 N–H and O–H groups in total. The first-order chi connectivity index (χ1) is 10.7. The van der Waals surface area contributed by atoms with Gasteiger partial charge in [-0.3, -0.25) is 4.79 Å². The van der Waals surface area contributed by atoms with Crippen molar-refractivity contribution < 1.29 is 9.53 Å². The highest BCUT2D eigenvalue weighted by molar-refractivity contribution is 7.14. The topological polar surface area (TPSA) is 38.3 Å². The molecule has 0 aliphatic rings. The molecule has 0 saturated heterocycles. The van der Waals surface area contributed by atoms with Gasteiger partial charge in [0.1, 0.15) is 5.75 Å². The molecule has 1 amide bonds. The van der Waals surface area contributed by atoms with Crippen LogP contribution in [0.15, 0.2) is 36.4 Å². The second kappa shape index (κ2) is 7.99. The predicted octanol–water partition coefficient (Wildman–Crippen LogP) is 4.59. The van der Waals surface area contributed by atoms with Crippen molar-refractivity contribution in [2.45, 2.75) is 39.2 Å². The summed E-state index contributed by atoms with van der Waals surface area (Å²) in [5, 5.41) is 3.12. The molecule has 22 heavy (non-hydrogen) atoms. The summed E-state index contributed by atoms with van der Waals surface area (Å²) in [4.78, 5) is 14.5. The molecule has 4 heteroatoms. The van der Waals surface area contributed by atoms with E-state index in [2.05, 4.69) is 25.2 Å². The third-order valence-electron chi connectivity index (χ3n) is 3.61. The van der Waals surface area contributed by atoms with Crippen molar-refractivity contribution in [2.24, 2.45) is 0 Å². The van der Waals surface area contributed by atoms with E-state index in [1.54, 1.807) is 18.4 Å². The van der Waals surface area contributed by atoms with Gasteiger partial charge in [-0.05, 0) is 42.7 Å². The van der Waals surface area contributed by atoms with Gasteiger partial charge in [0.15, 0.2) is 0 Å². The quantitative estimate of drug-likeness (QED) is 0.811. The molecule has 1 unspecified atom stereocenters. The van der Waals surface area contributed by atoms with Crippen LogP contribution in [0, 0.1) is 0 Å². The van der Waals surface area contributed by atoms with Crippen LogP contribution in [0.3, 0.4) is 0 Å². The molecule has 0 aliphatic heterocycles. The van der Waals surface area contributed by atoms with E-state index >= 15 is 0 Å². The minimum absolute atomic E-state index is 0.00928. The second-order valence-corrected chi connectivity index (χ2v) is 6.39. The molecule has 1 atom stereocenters. The lowest BCUT2D eigenvalue weighted by molar-refractivity contribution is 0.0939. The van der Waals surface area contributed by atoms with E-state index < -0.39 is 0 Å². The van der Waals surface area contributed by atoms with Gasteiger partial charge in [-0.25, -0.2) is 0 Å². The van der Waals surface area contributed by atoms with Gasteiger partial charge in [-0.2, -0.15) is 0 Å². The second-order valence-electron chi connectivity index (χ2n) is 5.22. The maximum absolute atomic E-state index is 12.4. The van der Waals surface area contributed by atoms with Gasteiger partial charge >= 0.3 is 0 Å². The first kappa shape index (κ1) is 16.6. The fraction of sp³-hybridized carbons (Fsp3) is 0.389. The molecule has 0 aliphatic carbocycles. The molecular formula is C18H23NO2S. The predicted molar refractivity (Wildman–Crippen MR) is 91.8 cm³/mol. The number of ether oxygens (including phenoxy) is 1. The third-order valence-corrected chi connectivity index (χ3v) is 4.76. The Morgan fingerprint density at radius 1 is 1.18 bits per heavy atom. The minimum atomic E-state index is 0.00928. The zero-order valence-electron chi connectivity index (χ0n) is 13.4. The SMILES string of the molecule is CCCc1ccc(C(=O)NC(CC)c2ccc(OC)cc2)s1. The normalized spacial score (nSPS) is 12.0. The maximum atomic E-state index is 12.4. The Hall–Kier alpha value is -1.81. The first-order valence-electron chi connectivity index (χ1n) is 7.71. The van der Waals surface area contributed by atoms with Crippen molar-refractivity contribution in [3.8, 4) is 5.75 Å². The number of benzene rings is 1. The zero-order chi connectivity index (χ0) is 15.9. The summed E-state index contributed by atoms with van der Waals surface area (Å²) in [5.74, 6) is 0.836. The summed E-state index contributed by atoms with van der Waals surface area (Å²) in [6.45, 7) is 4.22. The van der Waals surface area contributed by atoms with Gasteiger partial charge in [0.2, 0.25) is 0 Å². The molecule has 0 saturated carbocycles. The average molecular weight is 317 g/mol.